The van der Waals surface area contributed by atoms with E-state index in [9.17, 15) is 4.39 Å². The van der Waals surface area contributed by atoms with Gasteiger partial charge in [0.1, 0.15) is 5.82 Å². The first-order valence-corrected chi connectivity index (χ1v) is 8.51. The van der Waals surface area contributed by atoms with Gasteiger partial charge in [-0.15, -0.1) is 24.0 Å². The van der Waals surface area contributed by atoms with E-state index < -0.39 is 0 Å². The number of hydrogen-bond donors (Lipinski definition) is 3. The van der Waals surface area contributed by atoms with E-state index in [2.05, 4.69) is 25.7 Å². The van der Waals surface area contributed by atoms with Gasteiger partial charge in [-0.1, -0.05) is 0 Å². The molecule has 26 heavy (non-hydrogen) atoms. The van der Waals surface area contributed by atoms with Crippen LogP contribution in [0.2, 0.25) is 0 Å². The first kappa shape index (κ1) is 20.2. The third-order valence-electron chi connectivity index (χ3n) is 3.92. The molecule has 0 bridgehead atoms. The van der Waals surface area contributed by atoms with Gasteiger partial charge >= 0.3 is 0 Å². The average molecular weight is 470 g/mol. The van der Waals surface area contributed by atoms with Crippen LogP contribution in [0.25, 0.3) is 10.9 Å². The van der Waals surface area contributed by atoms with Gasteiger partial charge in [0.25, 0.3) is 0 Å². The van der Waals surface area contributed by atoms with E-state index in [1.165, 1.54) is 6.07 Å². The number of aliphatic imine (C=N–C) groups is 1. The summed E-state index contributed by atoms with van der Waals surface area (Å²) in [6.45, 7) is 4.98. The predicted octanol–water partition coefficient (Wildman–Crippen LogP) is 2.92. The minimum absolute atomic E-state index is 0. The molecule has 0 aliphatic carbocycles. The van der Waals surface area contributed by atoms with Gasteiger partial charge in [0.2, 0.25) is 0 Å². The highest BCUT2D eigenvalue weighted by Gasteiger charge is 2.05. The summed E-state index contributed by atoms with van der Waals surface area (Å²) >= 11 is 0. The standard InChI is InChI=1S/C18H23FN6.HI/c1-2-20-18(22-9-11-25-10-3-7-24-25)21-8-6-14-13-23-17-5-4-15(19)12-16(14)17;/h3-5,7,10,12-13,23H,2,6,8-9,11H2,1H3,(H2,20,21,22);1H. The van der Waals surface area contributed by atoms with Gasteiger partial charge in [-0.3, -0.25) is 9.67 Å². The number of aromatic nitrogens is 3. The topological polar surface area (TPSA) is 70.0 Å². The molecule has 0 fully saturated rings. The third kappa shape index (κ3) is 5.45. The molecule has 140 valence electrons. The summed E-state index contributed by atoms with van der Waals surface area (Å²) in [6, 6.07) is 6.70. The molecule has 0 spiro atoms. The van der Waals surface area contributed by atoms with Crippen LogP contribution in [0.15, 0.2) is 47.8 Å². The lowest BCUT2D eigenvalue weighted by atomic mass is 10.1. The Balaban J connectivity index is 0.00000243. The van der Waals surface area contributed by atoms with Gasteiger partial charge in [-0.25, -0.2) is 4.39 Å². The smallest absolute Gasteiger partial charge is 0.191 e. The lowest BCUT2D eigenvalue weighted by Crippen LogP contribution is -2.39. The Hall–Kier alpha value is -2.10. The van der Waals surface area contributed by atoms with Crippen LogP contribution in [-0.2, 0) is 13.0 Å². The van der Waals surface area contributed by atoms with Gasteiger partial charge in [-0.2, -0.15) is 5.10 Å². The second-order valence-corrected chi connectivity index (χ2v) is 5.71. The number of nitrogens with zero attached hydrogens (tertiary/aromatic N) is 3. The number of aromatic amines is 1. The summed E-state index contributed by atoms with van der Waals surface area (Å²) in [4.78, 5) is 7.77. The summed E-state index contributed by atoms with van der Waals surface area (Å²) in [7, 11) is 0. The molecule has 0 atom stereocenters. The zero-order valence-electron chi connectivity index (χ0n) is 14.7. The van der Waals surface area contributed by atoms with Crippen molar-refractivity contribution in [3.63, 3.8) is 0 Å². The number of guanidine groups is 1. The molecule has 0 saturated carbocycles. The number of rotatable bonds is 7. The predicted molar refractivity (Wildman–Crippen MR) is 114 cm³/mol. The van der Waals surface area contributed by atoms with Crippen LogP contribution in [0.1, 0.15) is 12.5 Å². The molecule has 3 aromatic rings. The molecule has 0 aliphatic rings. The molecular formula is C18H24FIN6. The van der Waals surface area contributed by atoms with Crippen molar-refractivity contribution < 1.29 is 4.39 Å². The minimum Gasteiger partial charge on any atom is -0.361 e. The van der Waals surface area contributed by atoms with E-state index in [0.717, 1.165) is 48.5 Å². The maximum Gasteiger partial charge on any atom is 0.191 e. The molecule has 0 unspecified atom stereocenters. The molecule has 2 aromatic heterocycles. The number of nitrogens with one attached hydrogen (secondary N) is 3. The fraction of sp³-hybridized carbons (Fsp3) is 0.333. The monoisotopic (exact) mass is 470 g/mol. The van der Waals surface area contributed by atoms with Crippen molar-refractivity contribution in [3.8, 4) is 0 Å². The Bertz CT molecular complexity index is 827. The Labute approximate surface area is 169 Å². The highest BCUT2D eigenvalue weighted by atomic mass is 127. The van der Waals surface area contributed by atoms with Crippen LogP contribution in [-0.4, -0.2) is 40.4 Å². The normalized spacial score (nSPS) is 11.4. The van der Waals surface area contributed by atoms with E-state index in [1.807, 2.05) is 30.1 Å². The molecule has 3 N–H and O–H groups in total. The molecule has 8 heteroatoms. The zero-order chi connectivity index (χ0) is 17.5. The molecule has 0 aliphatic heterocycles. The first-order valence-electron chi connectivity index (χ1n) is 8.51. The molecule has 0 saturated heterocycles. The van der Waals surface area contributed by atoms with Gasteiger partial charge in [0, 0.05) is 49.1 Å². The van der Waals surface area contributed by atoms with Crippen LogP contribution in [0.4, 0.5) is 4.39 Å². The SMILES string of the molecule is CCNC(=NCCc1c[nH]c2ccc(F)cc12)NCCn1cccn1.I. The Morgan fingerprint density at radius 2 is 2.23 bits per heavy atom. The number of fused-ring (bicyclic) bond motifs is 1. The van der Waals surface area contributed by atoms with Crippen LogP contribution in [0.5, 0.6) is 0 Å². The highest BCUT2D eigenvalue weighted by Crippen LogP contribution is 2.19. The fourth-order valence-corrected chi connectivity index (χ4v) is 2.71. The van der Waals surface area contributed by atoms with Crippen molar-refractivity contribution >= 4 is 40.8 Å². The van der Waals surface area contributed by atoms with Crippen molar-refractivity contribution in [2.45, 2.75) is 19.9 Å². The molecule has 3 rings (SSSR count). The van der Waals surface area contributed by atoms with E-state index in [-0.39, 0.29) is 29.8 Å². The largest absolute Gasteiger partial charge is 0.361 e. The van der Waals surface area contributed by atoms with Crippen molar-refractivity contribution in [1.82, 2.24) is 25.4 Å². The summed E-state index contributed by atoms with van der Waals surface area (Å²) in [5.74, 6) is 0.561. The molecule has 2 heterocycles. The van der Waals surface area contributed by atoms with Crippen molar-refractivity contribution in [2.24, 2.45) is 4.99 Å². The molecule has 0 amide bonds. The summed E-state index contributed by atoms with van der Waals surface area (Å²) in [5.41, 5.74) is 2.02. The number of benzene rings is 1. The van der Waals surface area contributed by atoms with E-state index in [0.29, 0.717) is 6.54 Å². The number of H-pyrrole nitrogens is 1. The molecule has 0 radical (unpaired) electrons. The van der Waals surface area contributed by atoms with E-state index >= 15 is 0 Å². The first-order chi connectivity index (χ1) is 12.3. The van der Waals surface area contributed by atoms with Crippen LogP contribution < -0.4 is 10.6 Å². The molecule has 1 aromatic carbocycles. The lowest BCUT2D eigenvalue weighted by molar-refractivity contribution is 0.598. The minimum atomic E-state index is -0.217. The quantitative estimate of drug-likeness (QED) is 0.283. The van der Waals surface area contributed by atoms with Crippen molar-refractivity contribution in [3.05, 3.63) is 54.2 Å². The fourth-order valence-electron chi connectivity index (χ4n) is 2.71. The Morgan fingerprint density at radius 3 is 3.00 bits per heavy atom. The van der Waals surface area contributed by atoms with E-state index in [4.69, 9.17) is 0 Å². The van der Waals surface area contributed by atoms with Crippen LogP contribution in [0, 0.1) is 5.82 Å². The highest BCUT2D eigenvalue weighted by molar-refractivity contribution is 14.0. The summed E-state index contributed by atoms with van der Waals surface area (Å²) < 4.78 is 15.3. The van der Waals surface area contributed by atoms with Gasteiger partial charge in [-0.05, 0) is 43.2 Å². The van der Waals surface area contributed by atoms with E-state index in [1.54, 1.807) is 18.3 Å². The summed E-state index contributed by atoms with van der Waals surface area (Å²) in [5, 5.41) is 11.6. The number of halogens is 2. The van der Waals surface area contributed by atoms with Crippen LogP contribution in [0.3, 0.4) is 0 Å². The molecule has 6 nitrogen and oxygen atoms in total. The van der Waals surface area contributed by atoms with Gasteiger partial charge < -0.3 is 15.6 Å². The summed E-state index contributed by atoms with van der Waals surface area (Å²) in [6.07, 6.45) is 6.38. The van der Waals surface area contributed by atoms with Gasteiger partial charge in [0.05, 0.1) is 6.54 Å². The maximum atomic E-state index is 13.4. The molecular weight excluding hydrogens is 446 g/mol. The van der Waals surface area contributed by atoms with Crippen molar-refractivity contribution in [1.29, 1.82) is 0 Å². The Morgan fingerprint density at radius 1 is 1.35 bits per heavy atom. The second kappa shape index (κ2) is 10.1. The number of hydrogen-bond acceptors (Lipinski definition) is 2. The van der Waals surface area contributed by atoms with Crippen molar-refractivity contribution in [2.75, 3.05) is 19.6 Å². The Kier molecular flexibility index (Phi) is 7.89. The lowest BCUT2D eigenvalue weighted by Gasteiger charge is -2.11. The zero-order valence-corrected chi connectivity index (χ0v) is 17.0. The maximum absolute atomic E-state index is 13.4. The van der Waals surface area contributed by atoms with Gasteiger partial charge in [0.15, 0.2) is 5.96 Å². The second-order valence-electron chi connectivity index (χ2n) is 5.71. The average Bonchev–Trinajstić information content (AvgIpc) is 3.25. The third-order valence-corrected chi connectivity index (χ3v) is 3.92. The van der Waals surface area contributed by atoms with Crippen LogP contribution >= 0.6 is 24.0 Å².